The van der Waals surface area contributed by atoms with E-state index in [1.165, 1.54) is 12.1 Å². The zero-order valence-electron chi connectivity index (χ0n) is 13.1. The molecule has 2 aromatic rings. The maximum absolute atomic E-state index is 13.7. The SMILES string of the molecule is CC(C)(C)c1[nH]nc2c1[C@@H](c1cccc(F)c1)C(C#N)=C(N)O2. The molecule has 1 aromatic heterocycles. The normalized spacial score (nSPS) is 17.4. The number of ether oxygens (including phenoxy) is 1. The highest BCUT2D eigenvalue weighted by Crippen LogP contribution is 2.45. The van der Waals surface area contributed by atoms with Gasteiger partial charge in [0.15, 0.2) is 0 Å². The molecule has 0 saturated heterocycles. The van der Waals surface area contributed by atoms with Crippen LogP contribution in [-0.4, -0.2) is 10.2 Å². The molecule has 5 nitrogen and oxygen atoms in total. The zero-order chi connectivity index (χ0) is 16.8. The van der Waals surface area contributed by atoms with E-state index < -0.39 is 5.92 Å². The Morgan fingerprint density at radius 1 is 1.39 bits per heavy atom. The van der Waals surface area contributed by atoms with E-state index in [1.54, 1.807) is 12.1 Å². The molecule has 3 rings (SSSR count). The maximum Gasteiger partial charge on any atom is 0.244 e. The number of hydrogen-bond acceptors (Lipinski definition) is 4. The number of aromatic amines is 1. The molecule has 1 aliphatic heterocycles. The lowest BCUT2D eigenvalue weighted by molar-refractivity contribution is 0.378. The second-order valence-corrected chi connectivity index (χ2v) is 6.55. The molecular weight excluding hydrogens is 295 g/mol. The Balaban J connectivity index is 2.28. The first-order chi connectivity index (χ1) is 10.8. The standard InChI is InChI=1S/C17H17FN4O/c1-17(2,3)14-13-12(9-5-4-6-10(18)7-9)11(8-19)15(20)23-16(13)22-21-14/h4-7,12H,20H2,1-3H3,(H,21,22)/t12-/m0/s1. The number of fused-ring (bicyclic) bond motifs is 1. The van der Waals surface area contributed by atoms with Crippen molar-refractivity contribution in [1.82, 2.24) is 10.2 Å². The summed E-state index contributed by atoms with van der Waals surface area (Å²) in [5.41, 5.74) is 8.09. The van der Waals surface area contributed by atoms with Gasteiger partial charge in [-0.15, -0.1) is 5.10 Å². The van der Waals surface area contributed by atoms with Gasteiger partial charge in [0.25, 0.3) is 0 Å². The first-order valence-electron chi connectivity index (χ1n) is 7.24. The summed E-state index contributed by atoms with van der Waals surface area (Å²) in [5.74, 6) is -0.540. The Morgan fingerprint density at radius 3 is 2.74 bits per heavy atom. The number of hydrogen-bond donors (Lipinski definition) is 2. The molecular formula is C17H17FN4O. The highest BCUT2D eigenvalue weighted by Gasteiger charge is 2.38. The Morgan fingerprint density at radius 2 is 2.13 bits per heavy atom. The third kappa shape index (κ3) is 2.44. The van der Waals surface area contributed by atoms with Crippen molar-refractivity contribution in [3.05, 3.63) is 58.4 Å². The molecule has 0 aliphatic carbocycles. The fourth-order valence-corrected chi connectivity index (χ4v) is 2.84. The molecule has 6 heteroatoms. The number of nitrogens with one attached hydrogen (secondary N) is 1. The quantitative estimate of drug-likeness (QED) is 0.847. The van der Waals surface area contributed by atoms with Crippen molar-refractivity contribution >= 4 is 0 Å². The third-order valence-electron chi connectivity index (χ3n) is 3.87. The van der Waals surface area contributed by atoms with Crippen molar-refractivity contribution in [3.8, 4) is 11.9 Å². The van der Waals surface area contributed by atoms with Gasteiger partial charge in [0.05, 0.1) is 11.5 Å². The van der Waals surface area contributed by atoms with Crippen LogP contribution in [0.25, 0.3) is 0 Å². The Labute approximate surface area is 133 Å². The number of halogens is 1. The van der Waals surface area contributed by atoms with Gasteiger partial charge in [-0.05, 0) is 17.7 Å². The van der Waals surface area contributed by atoms with Crippen LogP contribution in [-0.2, 0) is 5.41 Å². The topological polar surface area (TPSA) is 87.7 Å². The van der Waals surface area contributed by atoms with E-state index in [0.29, 0.717) is 11.4 Å². The lowest BCUT2D eigenvalue weighted by atomic mass is 9.79. The first kappa shape index (κ1) is 15.1. The average Bonchev–Trinajstić information content (AvgIpc) is 2.89. The van der Waals surface area contributed by atoms with Crippen LogP contribution in [0.4, 0.5) is 4.39 Å². The molecule has 0 unspecified atom stereocenters. The van der Waals surface area contributed by atoms with Crippen LogP contribution >= 0.6 is 0 Å². The number of nitriles is 1. The van der Waals surface area contributed by atoms with Crippen LogP contribution in [0, 0.1) is 17.1 Å². The van der Waals surface area contributed by atoms with Gasteiger partial charge in [0.2, 0.25) is 11.8 Å². The Hall–Kier alpha value is -2.81. The predicted octanol–water partition coefficient (Wildman–Crippen LogP) is 3.06. The monoisotopic (exact) mass is 312 g/mol. The van der Waals surface area contributed by atoms with E-state index in [1.807, 2.05) is 20.8 Å². The Kier molecular flexibility index (Phi) is 3.37. The van der Waals surface area contributed by atoms with Crippen LogP contribution in [0.5, 0.6) is 5.88 Å². The molecule has 1 atom stereocenters. The lowest BCUT2D eigenvalue weighted by Crippen LogP contribution is -2.23. The molecule has 0 radical (unpaired) electrons. The maximum atomic E-state index is 13.7. The molecule has 23 heavy (non-hydrogen) atoms. The molecule has 2 heterocycles. The Bertz CT molecular complexity index is 839. The molecule has 0 bridgehead atoms. The predicted molar refractivity (Wildman–Crippen MR) is 83.0 cm³/mol. The van der Waals surface area contributed by atoms with E-state index in [4.69, 9.17) is 10.5 Å². The van der Waals surface area contributed by atoms with Crippen LogP contribution in [0.15, 0.2) is 35.7 Å². The fraction of sp³-hybridized carbons (Fsp3) is 0.294. The number of H-pyrrole nitrogens is 1. The van der Waals surface area contributed by atoms with Gasteiger partial charge in [-0.3, -0.25) is 5.10 Å². The average molecular weight is 312 g/mol. The summed E-state index contributed by atoms with van der Waals surface area (Å²) in [6, 6.07) is 8.25. The zero-order valence-corrected chi connectivity index (χ0v) is 13.1. The van der Waals surface area contributed by atoms with E-state index in [-0.39, 0.29) is 22.7 Å². The molecule has 1 aromatic carbocycles. The smallest absolute Gasteiger partial charge is 0.244 e. The minimum Gasteiger partial charge on any atom is -0.420 e. The summed E-state index contributed by atoms with van der Waals surface area (Å²) >= 11 is 0. The van der Waals surface area contributed by atoms with E-state index in [9.17, 15) is 9.65 Å². The number of benzene rings is 1. The van der Waals surface area contributed by atoms with Crippen molar-refractivity contribution in [1.29, 1.82) is 5.26 Å². The molecule has 3 N–H and O–H groups in total. The highest BCUT2D eigenvalue weighted by atomic mass is 19.1. The van der Waals surface area contributed by atoms with Gasteiger partial charge in [0.1, 0.15) is 17.5 Å². The number of nitrogens with zero attached hydrogens (tertiary/aromatic N) is 2. The molecule has 1 aliphatic rings. The second kappa shape index (κ2) is 5.13. The van der Waals surface area contributed by atoms with E-state index in [0.717, 1.165) is 11.3 Å². The van der Waals surface area contributed by atoms with Crippen molar-refractivity contribution in [2.45, 2.75) is 32.1 Å². The van der Waals surface area contributed by atoms with E-state index >= 15 is 0 Å². The minimum absolute atomic E-state index is 0.00113. The van der Waals surface area contributed by atoms with Crippen molar-refractivity contribution in [2.75, 3.05) is 0 Å². The van der Waals surface area contributed by atoms with Crippen molar-refractivity contribution in [2.24, 2.45) is 5.73 Å². The summed E-state index contributed by atoms with van der Waals surface area (Å²) < 4.78 is 19.2. The summed E-state index contributed by atoms with van der Waals surface area (Å²) in [5, 5.41) is 16.7. The molecule has 0 fully saturated rings. The van der Waals surface area contributed by atoms with Gasteiger partial charge < -0.3 is 10.5 Å². The van der Waals surface area contributed by atoms with Gasteiger partial charge in [-0.2, -0.15) is 5.26 Å². The summed E-state index contributed by atoms with van der Waals surface area (Å²) in [6.45, 7) is 6.07. The molecule has 0 spiro atoms. The summed E-state index contributed by atoms with van der Waals surface area (Å²) in [4.78, 5) is 0. The van der Waals surface area contributed by atoms with Gasteiger partial charge >= 0.3 is 0 Å². The first-order valence-corrected chi connectivity index (χ1v) is 7.24. The van der Waals surface area contributed by atoms with E-state index in [2.05, 4.69) is 16.3 Å². The summed E-state index contributed by atoms with van der Waals surface area (Å²) in [7, 11) is 0. The fourth-order valence-electron chi connectivity index (χ4n) is 2.84. The third-order valence-corrected chi connectivity index (χ3v) is 3.87. The van der Waals surface area contributed by atoms with Crippen LogP contribution < -0.4 is 10.5 Å². The number of nitrogens with two attached hydrogens (primary N) is 1. The van der Waals surface area contributed by atoms with Crippen molar-refractivity contribution in [3.63, 3.8) is 0 Å². The van der Waals surface area contributed by atoms with Gasteiger partial charge in [0, 0.05) is 11.1 Å². The lowest BCUT2D eigenvalue weighted by Gasteiger charge is -2.27. The van der Waals surface area contributed by atoms with Crippen LogP contribution in [0.3, 0.4) is 0 Å². The van der Waals surface area contributed by atoms with Gasteiger partial charge in [-0.1, -0.05) is 32.9 Å². The molecule has 0 amide bonds. The van der Waals surface area contributed by atoms with Crippen LogP contribution in [0.2, 0.25) is 0 Å². The second-order valence-electron chi connectivity index (χ2n) is 6.55. The highest BCUT2D eigenvalue weighted by molar-refractivity contribution is 5.56. The van der Waals surface area contributed by atoms with Crippen LogP contribution in [0.1, 0.15) is 43.5 Å². The van der Waals surface area contributed by atoms with Crippen molar-refractivity contribution < 1.29 is 9.13 Å². The number of aromatic nitrogens is 2. The minimum atomic E-state index is -0.507. The molecule has 0 saturated carbocycles. The summed E-state index contributed by atoms with van der Waals surface area (Å²) in [6.07, 6.45) is 0. The molecule has 118 valence electrons. The number of rotatable bonds is 1. The number of allylic oxidation sites excluding steroid dienone is 1. The van der Waals surface area contributed by atoms with Gasteiger partial charge in [-0.25, -0.2) is 4.39 Å². The largest absolute Gasteiger partial charge is 0.420 e.